The average Bonchev–Trinajstić information content (AvgIpc) is 2.38. The van der Waals surface area contributed by atoms with E-state index in [9.17, 15) is 0 Å². The molecule has 0 bridgehead atoms. The van der Waals surface area contributed by atoms with Gasteiger partial charge in [0.25, 0.3) is 0 Å². The smallest absolute Gasteiger partial charge is 0.115 e. The SMILES string of the molecule is C#Cc1cccc(NCc2ccncn2)c1. The molecule has 0 saturated carbocycles. The second kappa shape index (κ2) is 4.94. The lowest BCUT2D eigenvalue weighted by Crippen LogP contribution is -2.01. The maximum absolute atomic E-state index is 5.33. The molecule has 0 saturated heterocycles. The Balaban J connectivity index is 2.03. The summed E-state index contributed by atoms with van der Waals surface area (Å²) in [4.78, 5) is 7.98. The van der Waals surface area contributed by atoms with Gasteiger partial charge in [0.05, 0.1) is 12.2 Å². The molecule has 0 amide bonds. The van der Waals surface area contributed by atoms with Crippen LogP contribution < -0.4 is 5.32 Å². The monoisotopic (exact) mass is 209 g/mol. The van der Waals surface area contributed by atoms with Gasteiger partial charge in [0.15, 0.2) is 0 Å². The zero-order chi connectivity index (χ0) is 11.2. The van der Waals surface area contributed by atoms with Crippen molar-refractivity contribution in [3.05, 3.63) is 54.1 Å². The Labute approximate surface area is 94.6 Å². The fourth-order valence-electron chi connectivity index (χ4n) is 1.33. The molecular weight excluding hydrogens is 198 g/mol. The first-order valence-corrected chi connectivity index (χ1v) is 4.94. The highest BCUT2D eigenvalue weighted by Gasteiger charge is 1.95. The van der Waals surface area contributed by atoms with Crippen molar-refractivity contribution in [3.8, 4) is 12.3 Å². The van der Waals surface area contributed by atoms with E-state index < -0.39 is 0 Å². The van der Waals surface area contributed by atoms with E-state index in [4.69, 9.17) is 6.42 Å². The number of hydrogen-bond acceptors (Lipinski definition) is 3. The third kappa shape index (κ3) is 2.58. The highest BCUT2D eigenvalue weighted by molar-refractivity contribution is 5.49. The van der Waals surface area contributed by atoms with Crippen molar-refractivity contribution in [3.63, 3.8) is 0 Å². The fraction of sp³-hybridized carbons (Fsp3) is 0.0769. The number of hydrogen-bond donors (Lipinski definition) is 1. The molecule has 3 nitrogen and oxygen atoms in total. The van der Waals surface area contributed by atoms with Crippen molar-refractivity contribution < 1.29 is 0 Å². The summed E-state index contributed by atoms with van der Waals surface area (Å²) in [7, 11) is 0. The largest absolute Gasteiger partial charge is 0.379 e. The summed E-state index contributed by atoms with van der Waals surface area (Å²) in [5.41, 5.74) is 2.81. The van der Waals surface area contributed by atoms with Gasteiger partial charge in [0.1, 0.15) is 6.33 Å². The lowest BCUT2D eigenvalue weighted by molar-refractivity contribution is 1.01. The van der Waals surface area contributed by atoms with Crippen molar-refractivity contribution in [2.45, 2.75) is 6.54 Å². The fourth-order valence-corrected chi connectivity index (χ4v) is 1.33. The molecule has 0 unspecified atom stereocenters. The van der Waals surface area contributed by atoms with E-state index in [0.717, 1.165) is 16.9 Å². The zero-order valence-corrected chi connectivity index (χ0v) is 8.72. The topological polar surface area (TPSA) is 37.8 Å². The lowest BCUT2D eigenvalue weighted by atomic mass is 10.2. The summed E-state index contributed by atoms with van der Waals surface area (Å²) >= 11 is 0. The Morgan fingerprint density at radius 3 is 3.00 bits per heavy atom. The summed E-state index contributed by atoms with van der Waals surface area (Å²) in [5, 5.41) is 3.25. The molecule has 0 aliphatic rings. The van der Waals surface area contributed by atoms with Crippen LogP contribution in [0.4, 0.5) is 5.69 Å². The number of aromatic nitrogens is 2. The van der Waals surface area contributed by atoms with Gasteiger partial charge in [-0.15, -0.1) is 6.42 Å². The molecule has 1 aromatic heterocycles. The van der Waals surface area contributed by atoms with Gasteiger partial charge in [0.2, 0.25) is 0 Å². The summed E-state index contributed by atoms with van der Waals surface area (Å²) in [6.07, 6.45) is 8.59. The van der Waals surface area contributed by atoms with Crippen LogP contribution >= 0.6 is 0 Å². The number of rotatable bonds is 3. The van der Waals surface area contributed by atoms with Crippen LogP contribution in [0.1, 0.15) is 11.3 Å². The van der Waals surface area contributed by atoms with E-state index >= 15 is 0 Å². The molecule has 1 aromatic carbocycles. The molecule has 16 heavy (non-hydrogen) atoms. The second-order valence-electron chi connectivity index (χ2n) is 3.28. The van der Waals surface area contributed by atoms with Gasteiger partial charge in [-0.1, -0.05) is 12.0 Å². The standard InChI is InChI=1S/C13H11N3/c1-2-11-4-3-5-12(8-11)15-9-13-6-7-14-10-16-13/h1,3-8,10,15H,9H2. The minimum atomic E-state index is 0.663. The molecule has 0 radical (unpaired) electrons. The van der Waals surface area contributed by atoms with Crippen molar-refractivity contribution in [1.29, 1.82) is 0 Å². The van der Waals surface area contributed by atoms with E-state index in [1.165, 1.54) is 6.33 Å². The van der Waals surface area contributed by atoms with Gasteiger partial charge in [-0.05, 0) is 24.3 Å². The summed E-state index contributed by atoms with van der Waals surface area (Å²) < 4.78 is 0. The van der Waals surface area contributed by atoms with E-state index in [1.54, 1.807) is 6.20 Å². The van der Waals surface area contributed by atoms with Gasteiger partial charge in [-0.3, -0.25) is 0 Å². The Kier molecular flexibility index (Phi) is 3.15. The maximum Gasteiger partial charge on any atom is 0.115 e. The van der Waals surface area contributed by atoms with Crippen LogP contribution in [0.2, 0.25) is 0 Å². The van der Waals surface area contributed by atoms with Gasteiger partial charge in [-0.2, -0.15) is 0 Å². The molecule has 2 aromatic rings. The van der Waals surface area contributed by atoms with E-state index in [-0.39, 0.29) is 0 Å². The van der Waals surface area contributed by atoms with Gasteiger partial charge >= 0.3 is 0 Å². The van der Waals surface area contributed by atoms with Crippen LogP contribution in [0, 0.1) is 12.3 Å². The van der Waals surface area contributed by atoms with Crippen LogP contribution in [0.15, 0.2) is 42.9 Å². The van der Waals surface area contributed by atoms with Crippen molar-refractivity contribution in [2.75, 3.05) is 5.32 Å². The number of terminal acetylenes is 1. The Morgan fingerprint density at radius 1 is 1.31 bits per heavy atom. The molecule has 3 heteroatoms. The molecule has 78 valence electrons. The van der Waals surface area contributed by atoms with E-state index in [2.05, 4.69) is 21.2 Å². The van der Waals surface area contributed by atoms with Crippen LogP contribution in [-0.4, -0.2) is 9.97 Å². The summed E-state index contributed by atoms with van der Waals surface area (Å²) in [6.45, 7) is 0.663. The molecule has 0 spiro atoms. The number of benzene rings is 1. The van der Waals surface area contributed by atoms with Crippen LogP contribution in [-0.2, 0) is 6.54 Å². The highest BCUT2D eigenvalue weighted by atomic mass is 14.9. The average molecular weight is 209 g/mol. The highest BCUT2D eigenvalue weighted by Crippen LogP contribution is 2.10. The van der Waals surface area contributed by atoms with Crippen molar-refractivity contribution in [1.82, 2.24) is 9.97 Å². The first-order chi connectivity index (χ1) is 7.88. The van der Waals surface area contributed by atoms with Gasteiger partial charge in [0, 0.05) is 17.4 Å². The first-order valence-electron chi connectivity index (χ1n) is 4.94. The third-order valence-electron chi connectivity index (χ3n) is 2.15. The lowest BCUT2D eigenvalue weighted by Gasteiger charge is -2.05. The number of nitrogens with zero attached hydrogens (tertiary/aromatic N) is 2. The Hall–Kier alpha value is -2.34. The molecule has 1 heterocycles. The molecular formula is C13H11N3. The predicted octanol–water partition coefficient (Wildman–Crippen LogP) is 2.07. The van der Waals surface area contributed by atoms with Gasteiger partial charge < -0.3 is 5.32 Å². The minimum absolute atomic E-state index is 0.663. The van der Waals surface area contributed by atoms with Gasteiger partial charge in [-0.25, -0.2) is 9.97 Å². The van der Waals surface area contributed by atoms with Crippen molar-refractivity contribution in [2.24, 2.45) is 0 Å². The van der Waals surface area contributed by atoms with Crippen LogP contribution in [0.3, 0.4) is 0 Å². The number of nitrogens with one attached hydrogen (secondary N) is 1. The molecule has 1 N–H and O–H groups in total. The van der Waals surface area contributed by atoms with Crippen LogP contribution in [0.5, 0.6) is 0 Å². The molecule has 0 aliphatic heterocycles. The Bertz CT molecular complexity index is 500. The molecule has 0 aliphatic carbocycles. The van der Waals surface area contributed by atoms with E-state index in [0.29, 0.717) is 6.54 Å². The summed E-state index contributed by atoms with van der Waals surface area (Å²) in [6, 6.07) is 9.61. The quantitative estimate of drug-likeness (QED) is 0.786. The second-order valence-corrected chi connectivity index (χ2v) is 3.28. The van der Waals surface area contributed by atoms with Crippen LogP contribution in [0.25, 0.3) is 0 Å². The molecule has 0 atom stereocenters. The normalized spacial score (nSPS) is 9.44. The molecule has 2 rings (SSSR count). The van der Waals surface area contributed by atoms with E-state index in [1.807, 2.05) is 30.3 Å². The number of anilines is 1. The Morgan fingerprint density at radius 2 is 2.25 bits per heavy atom. The predicted molar refractivity (Wildman–Crippen MR) is 63.7 cm³/mol. The minimum Gasteiger partial charge on any atom is -0.379 e. The van der Waals surface area contributed by atoms with Crippen molar-refractivity contribution >= 4 is 5.69 Å². The molecule has 0 fully saturated rings. The zero-order valence-electron chi connectivity index (χ0n) is 8.72. The first kappa shape index (κ1) is 10.2. The summed E-state index contributed by atoms with van der Waals surface area (Å²) in [5.74, 6) is 2.60. The third-order valence-corrected chi connectivity index (χ3v) is 2.15. The maximum atomic E-state index is 5.33.